The van der Waals surface area contributed by atoms with Gasteiger partial charge in [0.1, 0.15) is 12.6 Å². The smallest absolute Gasteiger partial charge is 0.306 e. The first-order chi connectivity index (χ1) is 27.1. The minimum atomic E-state index is -1.13. The molecule has 324 valence electrons. The summed E-state index contributed by atoms with van der Waals surface area (Å²) in [5.74, 6) is -1.75. The second kappa shape index (κ2) is 39.1. The van der Waals surface area contributed by atoms with Crippen LogP contribution in [0.5, 0.6) is 0 Å². The molecule has 0 aromatic carbocycles. The van der Waals surface area contributed by atoms with Crippen LogP contribution in [0.1, 0.15) is 187 Å². The Bertz CT molecular complexity index is 1060. The van der Waals surface area contributed by atoms with Crippen LogP contribution in [-0.2, 0) is 28.6 Å². The molecule has 0 aromatic heterocycles. The number of allylic oxidation sites excluding steroid dienone is 8. The van der Waals surface area contributed by atoms with E-state index in [0.717, 1.165) is 70.6 Å². The molecule has 0 fully saturated rings. The number of aliphatic carboxylic acids is 1. The maximum atomic E-state index is 12.7. The van der Waals surface area contributed by atoms with Crippen LogP contribution in [0.4, 0.5) is 0 Å². The maximum Gasteiger partial charge on any atom is 0.306 e. The molecule has 2 atom stereocenters. The van der Waals surface area contributed by atoms with E-state index in [9.17, 15) is 19.5 Å². The Balaban J connectivity index is 4.30. The first-order valence-corrected chi connectivity index (χ1v) is 22.7. The normalized spacial score (nSPS) is 13.4. The fourth-order valence-corrected chi connectivity index (χ4v) is 6.43. The molecule has 0 amide bonds. The van der Waals surface area contributed by atoms with E-state index in [2.05, 4.69) is 62.5 Å². The number of carbonyl (C=O) groups excluding carboxylic acids is 3. The van der Waals surface area contributed by atoms with E-state index in [1.54, 1.807) is 21.1 Å². The molecule has 0 radical (unpaired) electrons. The summed E-state index contributed by atoms with van der Waals surface area (Å²) in [6.07, 6.45) is 45.6. The van der Waals surface area contributed by atoms with Crippen molar-refractivity contribution in [1.29, 1.82) is 0 Å². The van der Waals surface area contributed by atoms with Gasteiger partial charge in [-0.3, -0.25) is 9.59 Å². The lowest BCUT2D eigenvalue weighted by molar-refractivity contribution is -0.889. The van der Waals surface area contributed by atoms with Crippen LogP contribution in [-0.4, -0.2) is 75.5 Å². The molecule has 0 spiro atoms. The van der Waals surface area contributed by atoms with Gasteiger partial charge in [0.15, 0.2) is 6.10 Å². The Labute approximate surface area is 344 Å². The van der Waals surface area contributed by atoms with Gasteiger partial charge < -0.3 is 28.6 Å². The molecule has 0 rings (SSSR count). The van der Waals surface area contributed by atoms with Crippen molar-refractivity contribution in [1.82, 2.24) is 0 Å². The fourth-order valence-electron chi connectivity index (χ4n) is 6.43. The van der Waals surface area contributed by atoms with Crippen molar-refractivity contribution in [2.24, 2.45) is 0 Å². The number of carboxylic acids is 1. The van der Waals surface area contributed by atoms with Crippen LogP contribution in [0.2, 0.25) is 0 Å². The minimum Gasteiger partial charge on any atom is -0.544 e. The number of esters is 2. The number of hydrogen-bond donors (Lipinski definition) is 0. The van der Waals surface area contributed by atoms with E-state index in [-0.39, 0.29) is 42.7 Å². The van der Waals surface area contributed by atoms with E-state index >= 15 is 0 Å². The molecular weight excluding hydrogens is 703 g/mol. The second-order valence-electron chi connectivity index (χ2n) is 16.3. The van der Waals surface area contributed by atoms with Gasteiger partial charge >= 0.3 is 11.9 Å². The molecule has 56 heavy (non-hydrogen) atoms. The molecular formula is C48H85NO7. The van der Waals surface area contributed by atoms with Gasteiger partial charge in [0.2, 0.25) is 0 Å². The summed E-state index contributed by atoms with van der Waals surface area (Å²) >= 11 is 0. The number of likely N-dealkylation sites (N-methyl/N-ethyl adjacent to an activating group) is 1. The third-order valence-corrected chi connectivity index (χ3v) is 9.95. The second-order valence-corrected chi connectivity index (χ2v) is 16.3. The third-order valence-electron chi connectivity index (χ3n) is 9.95. The number of nitrogens with zero attached hydrogens (tertiary/aromatic N) is 1. The summed E-state index contributed by atoms with van der Waals surface area (Å²) in [7, 11) is 5.40. The molecule has 0 saturated carbocycles. The first-order valence-electron chi connectivity index (χ1n) is 22.7. The van der Waals surface area contributed by atoms with Gasteiger partial charge in [0, 0.05) is 19.3 Å². The summed E-state index contributed by atoms with van der Waals surface area (Å²) < 4.78 is 17.2. The zero-order valence-corrected chi connectivity index (χ0v) is 36.8. The number of carboxylic acid groups (broad SMARTS) is 1. The van der Waals surface area contributed by atoms with Crippen LogP contribution < -0.4 is 5.11 Å². The Kier molecular flexibility index (Phi) is 37.2. The summed E-state index contributed by atoms with van der Waals surface area (Å²) in [4.78, 5) is 36.8. The zero-order valence-electron chi connectivity index (χ0n) is 36.8. The van der Waals surface area contributed by atoms with Gasteiger partial charge in [-0.15, -0.1) is 0 Å². The Hall–Kier alpha value is -2.71. The average Bonchev–Trinajstić information content (AvgIpc) is 3.15. The van der Waals surface area contributed by atoms with E-state index in [1.807, 2.05) is 0 Å². The number of ether oxygens (including phenoxy) is 3. The predicted molar refractivity (Wildman–Crippen MR) is 231 cm³/mol. The Morgan fingerprint density at radius 2 is 1.00 bits per heavy atom. The van der Waals surface area contributed by atoms with E-state index in [0.29, 0.717) is 12.8 Å². The summed E-state index contributed by atoms with van der Waals surface area (Å²) in [5.41, 5.74) is 0. The summed E-state index contributed by atoms with van der Waals surface area (Å²) in [5, 5.41) is 11.6. The highest BCUT2D eigenvalue weighted by Gasteiger charge is 2.25. The highest BCUT2D eigenvalue weighted by molar-refractivity contribution is 5.70. The summed E-state index contributed by atoms with van der Waals surface area (Å²) in [6.45, 7) is 4.52. The van der Waals surface area contributed by atoms with Crippen LogP contribution in [0.3, 0.4) is 0 Å². The highest BCUT2D eigenvalue weighted by Crippen LogP contribution is 2.14. The highest BCUT2D eigenvalue weighted by atomic mass is 16.6. The summed E-state index contributed by atoms with van der Waals surface area (Å²) in [6, 6.07) is -0.727. The molecule has 8 heteroatoms. The van der Waals surface area contributed by atoms with Crippen LogP contribution in [0.15, 0.2) is 48.6 Å². The molecule has 0 heterocycles. The molecule has 0 saturated heterocycles. The van der Waals surface area contributed by atoms with Gasteiger partial charge in [0.05, 0.1) is 40.3 Å². The lowest BCUT2D eigenvalue weighted by atomic mass is 10.0. The van der Waals surface area contributed by atoms with Gasteiger partial charge in [-0.1, -0.05) is 146 Å². The lowest BCUT2D eigenvalue weighted by Gasteiger charge is -2.34. The maximum absolute atomic E-state index is 12.7. The molecule has 0 aliphatic carbocycles. The van der Waals surface area contributed by atoms with Crippen molar-refractivity contribution < 1.29 is 38.2 Å². The molecule has 0 aliphatic rings. The standard InChI is InChI=1S/C48H85NO7/c1-6-8-10-12-14-16-18-20-21-22-23-24-25-26-27-29-31-33-35-37-39-47(51)56-44(42-54-41-40-45(48(52)53)49(3,4)5)43-55-46(50)38-36-34-32-30-28-19-17-15-13-11-9-7-2/h8,10,14-17,20-21,44-45H,6-7,9,11-13,18-19,22-43H2,1-5H3/b10-8+,16-14+,17-15+,21-20+. The van der Waals surface area contributed by atoms with Crippen molar-refractivity contribution >= 4 is 17.9 Å². The van der Waals surface area contributed by atoms with Gasteiger partial charge in [-0.2, -0.15) is 0 Å². The monoisotopic (exact) mass is 788 g/mol. The van der Waals surface area contributed by atoms with Crippen LogP contribution >= 0.6 is 0 Å². The van der Waals surface area contributed by atoms with Crippen molar-refractivity contribution in [3.63, 3.8) is 0 Å². The number of hydrogen-bond acceptors (Lipinski definition) is 7. The van der Waals surface area contributed by atoms with Gasteiger partial charge in [-0.05, 0) is 70.6 Å². The first kappa shape index (κ1) is 53.3. The van der Waals surface area contributed by atoms with Crippen molar-refractivity contribution in [3.05, 3.63) is 48.6 Å². The minimum absolute atomic E-state index is 0.0364. The topological polar surface area (TPSA) is 102 Å². The average molecular weight is 788 g/mol. The third kappa shape index (κ3) is 36.9. The number of carbonyl (C=O) groups is 3. The molecule has 0 bridgehead atoms. The van der Waals surface area contributed by atoms with Gasteiger partial charge in [0.25, 0.3) is 0 Å². The molecule has 8 nitrogen and oxygen atoms in total. The molecule has 0 aromatic rings. The van der Waals surface area contributed by atoms with Crippen molar-refractivity contribution in [3.8, 4) is 0 Å². The van der Waals surface area contributed by atoms with Crippen molar-refractivity contribution in [2.75, 3.05) is 41.0 Å². The van der Waals surface area contributed by atoms with Crippen LogP contribution in [0, 0.1) is 0 Å². The quantitative estimate of drug-likeness (QED) is 0.0264. The number of rotatable bonds is 40. The number of quaternary nitrogens is 1. The molecule has 2 unspecified atom stereocenters. The Morgan fingerprint density at radius 1 is 0.554 bits per heavy atom. The SMILES string of the molecule is CC/C=C/C/C=C/C/C=C/CCCCCCCCCCCCC(=O)OC(COCCC(C(=O)[O-])[N+](C)(C)C)COC(=O)CCCCCCC/C=C/CCCCC. The van der Waals surface area contributed by atoms with E-state index < -0.39 is 18.1 Å². The lowest BCUT2D eigenvalue weighted by Crippen LogP contribution is -2.55. The van der Waals surface area contributed by atoms with Gasteiger partial charge in [-0.25, -0.2) is 0 Å². The molecule has 0 N–H and O–H groups in total. The Morgan fingerprint density at radius 3 is 1.50 bits per heavy atom. The van der Waals surface area contributed by atoms with E-state index in [4.69, 9.17) is 14.2 Å². The predicted octanol–water partition coefficient (Wildman–Crippen LogP) is 11.1. The zero-order chi connectivity index (χ0) is 41.4. The fraction of sp³-hybridized carbons (Fsp3) is 0.771. The van der Waals surface area contributed by atoms with Crippen molar-refractivity contribution in [2.45, 2.75) is 199 Å². The molecule has 0 aliphatic heterocycles. The number of unbranched alkanes of at least 4 members (excludes halogenated alkanes) is 18. The van der Waals surface area contributed by atoms with Crippen LogP contribution in [0.25, 0.3) is 0 Å². The van der Waals surface area contributed by atoms with E-state index in [1.165, 1.54) is 83.5 Å². The largest absolute Gasteiger partial charge is 0.544 e.